The van der Waals surface area contributed by atoms with Gasteiger partial charge in [0.25, 0.3) is 0 Å². The van der Waals surface area contributed by atoms with E-state index < -0.39 is 28.2 Å². The summed E-state index contributed by atoms with van der Waals surface area (Å²) in [5.41, 5.74) is -3.02. The first-order valence-electron chi connectivity index (χ1n) is 4.11. The summed E-state index contributed by atoms with van der Waals surface area (Å²) >= 11 is 0. The second-order valence-corrected chi connectivity index (χ2v) is 4.61. The maximum atomic E-state index is 11.0. The Labute approximate surface area is 76.6 Å². The lowest BCUT2D eigenvalue weighted by atomic mass is 9.95. The van der Waals surface area contributed by atoms with Gasteiger partial charge in [-0.1, -0.05) is 27.7 Å². The maximum Gasteiger partial charge on any atom is 0.322 e. The van der Waals surface area contributed by atoms with Crippen LogP contribution < -0.4 is 0 Å². The fourth-order valence-corrected chi connectivity index (χ4v) is 2.47. The molecule has 1 fully saturated rings. The number of hydrogen-bond donors (Lipinski definition) is 2. The van der Waals surface area contributed by atoms with Crippen molar-refractivity contribution in [1.82, 2.24) is 0 Å². The summed E-state index contributed by atoms with van der Waals surface area (Å²) in [5.74, 6) is -2.48. The van der Waals surface area contributed by atoms with Crippen LogP contribution in [0.3, 0.4) is 0 Å². The minimum atomic E-state index is -1.62. The first-order chi connectivity index (χ1) is 5.64. The molecule has 1 aliphatic carbocycles. The summed E-state index contributed by atoms with van der Waals surface area (Å²) in [7, 11) is 0. The Balaban J connectivity index is 3.29. The lowest BCUT2D eigenvalue weighted by molar-refractivity contribution is -0.160. The van der Waals surface area contributed by atoms with E-state index in [1.807, 2.05) is 0 Å². The molecule has 0 aromatic carbocycles. The summed E-state index contributed by atoms with van der Waals surface area (Å²) < 4.78 is 0. The molecule has 4 heteroatoms. The minimum Gasteiger partial charge on any atom is -0.480 e. The van der Waals surface area contributed by atoms with Gasteiger partial charge in [-0.3, -0.25) is 9.59 Å². The Morgan fingerprint density at radius 3 is 1.08 bits per heavy atom. The molecule has 13 heavy (non-hydrogen) atoms. The molecule has 0 bridgehead atoms. The van der Waals surface area contributed by atoms with E-state index in [1.165, 1.54) is 0 Å². The van der Waals surface area contributed by atoms with Crippen LogP contribution in [0.1, 0.15) is 27.7 Å². The molecule has 0 aliphatic heterocycles. The second kappa shape index (κ2) is 2.05. The van der Waals surface area contributed by atoms with Gasteiger partial charge in [0.2, 0.25) is 0 Å². The molecule has 0 unspecified atom stereocenters. The van der Waals surface area contributed by atoms with Gasteiger partial charge in [-0.05, 0) is 10.8 Å². The van der Waals surface area contributed by atoms with Gasteiger partial charge in [-0.25, -0.2) is 0 Å². The fourth-order valence-electron chi connectivity index (χ4n) is 2.47. The molecule has 1 aliphatic rings. The van der Waals surface area contributed by atoms with Gasteiger partial charge in [0.05, 0.1) is 0 Å². The highest BCUT2D eigenvalue weighted by molar-refractivity contribution is 6.05. The molecule has 4 nitrogen and oxygen atoms in total. The van der Waals surface area contributed by atoms with E-state index in [2.05, 4.69) is 0 Å². The third-order valence-electron chi connectivity index (χ3n) is 4.02. The minimum absolute atomic E-state index is 0.697. The number of carboxylic acid groups (broad SMARTS) is 2. The first-order valence-corrected chi connectivity index (χ1v) is 4.11. The molecule has 2 N–H and O–H groups in total. The molecule has 0 spiro atoms. The van der Waals surface area contributed by atoms with E-state index in [1.54, 1.807) is 27.7 Å². The van der Waals surface area contributed by atoms with Crippen LogP contribution in [-0.2, 0) is 9.59 Å². The first kappa shape index (κ1) is 10.0. The smallest absolute Gasteiger partial charge is 0.322 e. The molecule has 0 radical (unpaired) electrons. The van der Waals surface area contributed by atoms with Crippen LogP contribution in [-0.4, -0.2) is 22.2 Å². The summed E-state index contributed by atoms with van der Waals surface area (Å²) in [6.45, 7) is 6.70. The van der Waals surface area contributed by atoms with E-state index in [0.29, 0.717) is 0 Å². The van der Waals surface area contributed by atoms with Crippen LogP contribution >= 0.6 is 0 Å². The third kappa shape index (κ3) is 0.677. The van der Waals surface area contributed by atoms with Crippen molar-refractivity contribution < 1.29 is 19.8 Å². The van der Waals surface area contributed by atoms with Gasteiger partial charge in [-0.2, -0.15) is 0 Å². The van der Waals surface area contributed by atoms with Gasteiger partial charge in [0.15, 0.2) is 5.41 Å². The van der Waals surface area contributed by atoms with Crippen molar-refractivity contribution in [1.29, 1.82) is 0 Å². The molecular formula is C9H14O4. The predicted octanol–water partition coefficient (Wildman–Crippen LogP) is 1.21. The molecule has 1 saturated carbocycles. The standard InChI is InChI=1S/C9H14O4/c1-7(2)8(3,4)9(7,5(10)11)6(12)13/h1-4H3,(H,10,11)(H,12,13). The Bertz CT molecular complexity index is 258. The van der Waals surface area contributed by atoms with Crippen molar-refractivity contribution in [3.05, 3.63) is 0 Å². The van der Waals surface area contributed by atoms with Crippen molar-refractivity contribution in [2.45, 2.75) is 27.7 Å². The second-order valence-electron chi connectivity index (χ2n) is 4.61. The van der Waals surface area contributed by atoms with Gasteiger partial charge in [0.1, 0.15) is 0 Å². The van der Waals surface area contributed by atoms with Crippen LogP contribution in [0.25, 0.3) is 0 Å². The molecule has 0 aromatic heterocycles. The van der Waals surface area contributed by atoms with Crippen molar-refractivity contribution in [3.8, 4) is 0 Å². The molecular weight excluding hydrogens is 172 g/mol. The molecule has 0 amide bonds. The van der Waals surface area contributed by atoms with Crippen molar-refractivity contribution in [3.63, 3.8) is 0 Å². The average molecular weight is 186 g/mol. The van der Waals surface area contributed by atoms with E-state index >= 15 is 0 Å². The zero-order valence-corrected chi connectivity index (χ0v) is 8.21. The normalized spacial score (nSPS) is 26.5. The monoisotopic (exact) mass is 186 g/mol. The molecule has 0 saturated heterocycles. The third-order valence-corrected chi connectivity index (χ3v) is 4.02. The maximum absolute atomic E-state index is 11.0. The number of aliphatic carboxylic acids is 2. The highest BCUT2D eigenvalue weighted by Crippen LogP contribution is 2.77. The summed E-state index contributed by atoms with van der Waals surface area (Å²) in [6, 6.07) is 0. The quantitative estimate of drug-likeness (QED) is 0.635. The Morgan fingerprint density at radius 1 is 0.846 bits per heavy atom. The van der Waals surface area contributed by atoms with E-state index in [0.717, 1.165) is 0 Å². The van der Waals surface area contributed by atoms with Gasteiger partial charge >= 0.3 is 11.9 Å². The summed E-state index contributed by atoms with van der Waals surface area (Å²) in [6.07, 6.45) is 0. The zero-order chi connectivity index (χ0) is 10.7. The summed E-state index contributed by atoms with van der Waals surface area (Å²) in [4.78, 5) is 22.0. The molecule has 0 heterocycles. The van der Waals surface area contributed by atoms with E-state index in [-0.39, 0.29) is 0 Å². The van der Waals surface area contributed by atoms with Crippen LogP contribution in [0.15, 0.2) is 0 Å². The molecule has 1 rings (SSSR count). The van der Waals surface area contributed by atoms with E-state index in [4.69, 9.17) is 10.2 Å². The number of carboxylic acids is 2. The topological polar surface area (TPSA) is 74.6 Å². The number of hydrogen-bond acceptors (Lipinski definition) is 2. The fraction of sp³-hybridized carbons (Fsp3) is 0.778. The lowest BCUT2D eigenvalue weighted by Crippen LogP contribution is -2.32. The Morgan fingerprint density at radius 2 is 1.08 bits per heavy atom. The van der Waals surface area contributed by atoms with Gasteiger partial charge in [-0.15, -0.1) is 0 Å². The zero-order valence-electron chi connectivity index (χ0n) is 8.21. The number of carbonyl (C=O) groups is 2. The predicted molar refractivity (Wildman–Crippen MR) is 45.3 cm³/mol. The van der Waals surface area contributed by atoms with Crippen LogP contribution in [0.5, 0.6) is 0 Å². The van der Waals surface area contributed by atoms with E-state index in [9.17, 15) is 9.59 Å². The van der Waals surface area contributed by atoms with Crippen LogP contribution in [0.2, 0.25) is 0 Å². The van der Waals surface area contributed by atoms with Gasteiger partial charge < -0.3 is 10.2 Å². The number of rotatable bonds is 2. The molecule has 74 valence electrons. The summed E-state index contributed by atoms with van der Waals surface area (Å²) in [5, 5.41) is 17.9. The van der Waals surface area contributed by atoms with Crippen molar-refractivity contribution in [2.24, 2.45) is 16.2 Å². The highest BCUT2D eigenvalue weighted by Gasteiger charge is 2.86. The molecule has 0 atom stereocenters. The SMILES string of the molecule is CC1(C)C(C)(C)C1(C(=O)O)C(=O)O. The lowest BCUT2D eigenvalue weighted by Gasteiger charge is -2.09. The highest BCUT2D eigenvalue weighted by atomic mass is 16.4. The average Bonchev–Trinajstić information content (AvgIpc) is 2.18. The Hall–Kier alpha value is -1.06. The van der Waals surface area contributed by atoms with Crippen LogP contribution in [0, 0.1) is 16.2 Å². The van der Waals surface area contributed by atoms with Crippen molar-refractivity contribution >= 4 is 11.9 Å². The van der Waals surface area contributed by atoms with Gasteiger partial charge in [0, 0.05) is 0 Å². The largest absolute Gasteiger partial charge is 0.480 e. The Kier molecular flexibility index (Phi) is 1.58. The van der Waals surface area contributed by atoms with Crippen LogP contribution in [0.4, 0.5) is 0 Å². The van der Waals surface area contributed by atoms with Crippen molar-refractivity contribution in [2.75, 3.05) is 0 Å². The molecule has 0 aromatic rings.